The molecule has 0 aliphatic heterocycles. The van der Waals surface area contributed by atoms with Gasteiger partial charge in [-0.1, -0.05) is 0 Å². The van der Waals surface area contributed by atoms with Crippen LogP contribution in [0.3, 0.4) is 0 Å². The Hall–Kier alpha value is -2.50. The van der Waals surface area contributed by atoms with Crippen LogP contribution in [0.1, 0.15) is 16.8 Å². The summed E-state index contributed by atoms with van der Waals surface area (Å²) in [4.78, 5) is 25.9. The summed E-state index contributed by atoms with van der Waals surface area (Å²) in [5.41, 5.74) is 1.76. The molecule has 0 spiro atoms. The SMILES string of the molecule is Cc1cnc(Cn2ccc(=O)cc2)c(C)c1[N+](=O)[O-]. The molecule has 0 aliphatic carbocycles. The van der Waals surface area contributed by atoms with Crippen LogP contribution in [0.25, 0.3) is 0 Å². The number of aromatic nitrogens is 2. The van der Waals surface area contributed by atoms with E-state index in [0.29, 0.717) is 23.4 Å². The molecule has 98 valence electrons. The number of hydrogen-bond donors (Lipinski definition) is 0. The number of pyridine rings is 2. The van der Waals surface area contributed by atoms with E-state index in [9.17, 15) is 14.9 Å². The Kier molecular flexibility index (Phi) is 3.41. The lowest BCUT2D eigenvalue weighted by atomic mass is 10.1. The molecule has 0 aliphatic rings. The highest BCUT2D eigenvalue weighted by Crippen LogP contribution is 2.24. The number of hydrogen-bond acceptors (Lipinski definition) is 4. The minimum absolute atomic E-state index is 0.0733. The summed E-state index contributed by atoms with van der Waals surface area (Å²) in [5, 5.41) is 11.0. The third kappa shape index (κ3) is 2.67. The Labute approximate surface area is 109 Å². The molecule has 0 bridgehead atoms. The maximum Gasteiger partial charge on any atom is 0.278 e. The summed E-state index contributed by atoms with van der Waals surface area (Å²) in [5.74, 6) is 0. The first kappa shape index (κ1) is 12.9. The van der Waals surface area contributed by atoms with Crippen molar-refractivity contribution in [1.29, 1.82) is 0 Å². The van der Waals surface area contributed by atoms with E-state index in [1.54, 1.807) is 30.8 Å². The van der Waals surface area contributed by atoms with Gasteiger partial charge in [0.05, 0.1) is 22.7 Å². The average Bonchev–Trinajstić information content (AvgIpc) is 2.35. The monoisotopic (exact) mass is 259 g/mol. The molecule has 0 aromatic carbocycles. The van der Waals surface area contributed by atoms with Crippen molar-refractivity contribution in [1.82, 2.24) is 9.55 Å². The van der Waals surface area contributed by atoms with E-state index in [1.165, 1.54) is 18.3 Å². The lowest BCUT2D eigenvalue weighted by Gasteiger charge is -2.09. The first-order valence-corrected chi connectivity index (χ1v) is 5.74. The Balaban J connectivity index is 2.41. The van der Waals surface area contributed by atoms with E-state index in [0.717, 1.165) is 0 Å². The minimum Gasteiger partial charge on any atom is -0.348 e. The molecule has 0 saturated heterocycles. The van der Waals surface area contributed by atoms with E-state index < -0.39 is 0 Å². The summed E-state index contributed by atoms with van der Waals surface area (Å²) in [6, 6.07) is 2.88. The highest BCUT2D eigenvalue weighted by Gasteiger charge is 2.18. The van der Waals surface area contributed by atoms with Crippen LogP contribution in [-0.2, 0) is 6.54 Å². The molecule has 0 saturated carbocycles. The summed E-state index contributed by atoms with van der Waals surface area (Å²) in [7, 11) is 0. The quantitative estimate of drug-likeness (QED) is 0.622. The van der Waals surface area contributed by atoms with Gasteiger partial charge < -0.3 is 4.57 Å². The fraction of sp³-hybridized carbons (Fsp3) is 0.231. The molecule has 0 fully saturated rings. The van der Waals surface area contributed by atoms with Gasteiger partial charge in [0.1, 0.15) is 0 Å². The van der Waals surface area contributed by atoms with Gasteiger partial charge in [-0.15, -0.1) is 0 Å². The zero-order chi connectivity index (χ0) is 14.0. The number of aryl methyl sites for hydroxylation is 1. The van der Waals surface area contributed by atoms with Crippen LogP contribution in [0.2, 0.25) is 0 Å². The lowest BCUT2D eigenvalue weighted by molar-refractivity contribution is -0.386. The number of nitrogens with zero attached hydrogens (tertiary/aromatic N) is 3. The third-order valence-electron chi connectivity index (χ3n) is 2.95. The van der Waals surface area contributed by atoms with Gasteiger partial charge in [-0.3, -0.25) is 19.9 Å². The van der Waals surface area contributed by atoms with E-state index in [4.69, 9.17) is 0 Å². The molecule has 19 heavy (non-hydrogen) atoms. The summed E-state index contributed by atoms with van der Waals surface area (Å²) >= 11 is 0. The third-order valence-corrected chi connectivity index (χ3v) is 2.95. The van der Waals surface area contributed by atoms with Crippen molar-refractivity contribution < 1.29 is 4.92 Å². The predicted molar refractivity (Wildman–Crippen MR) is 70.2 cm³/mol. The normalized spacial score (nSPS) is 10.4. The van der Waals surface area contributed by atoms with E-state index in [1.807, 2.05) is 0 Å². The van der Waals surface area contributed by atoms with Gasteiger partial charge in [0.25, 0.3) is 5.69 Å². The maximum atomic E-state index is 11.0. The summed E-state index contributed by atoms with van der Waals surface area (Å²) in [6.07, 6.45) is 4.77. The molecule has 0 atom stereocenters. The Morgan fingerprint density at radius 1 is 1.32 bits per heavy atom. The van der Waals surface area contributed by atoms with Gasteiger partial charge in [0.15, 0.2) is 5.43 Å². The molecule has 0 unspecified atom stereocenters. The molecule has 6 heteroatoms. The van der Waals surface area contributed by atoms with Crippen LogP contribution < -0.4 is 5.43 Å². The zero-order valence-electron chi connectivity index (χ0n) is 10.7. The Morgan fingerprint density at radius 3 is 2.53 bits per heavy atom. The average molecular weight is 259 g/mol. The Bertz CT molecular complexity index is 672. The topological polar surface area (TPSA) is 78.0 Å². The smallest absolute Gasteiger partial charge is 0.278 e. The number of rotatable bonds is 3. The minimum atomic E-state index is -0.388. The van der Waals surface area contributed by atoms with E-state index >= 15 is 0 Å². The predicted octanol–water partition coefficient (Wildman–Crippen LogP) is 1.82. The molecule has 6 nitrogen and oxygen atoms in total. The van der Waals surface area contributed by atoms with E-state index in [-0.39, 0.29) is 16.0 Å². The van der Waals surface area contributed by atoms with Crippen LogP contribution in [0.5, 0.6) is 0 Å². The molecule has 2 aromatic heterocycles. The first-order chi connectivity index (χ1) is 8.99. The fourth-order valence-electron chi connectivity index (χ4n) is 1.93. The summed E-state index contributed by atoms with van der Waals surface area (Å²) < 4.78 is 1.76. The van der Waals surface area contributed by atoms with Gasteiger partial charge in [0.2, 0.25) is 0 Å². The highest BCUT2D eigenvalue weighted by atomic mass is 16.6. The second kappa shape index (κ2) is 5.01. The van der Waals surface area contributed by atoms with Crippen LogP contribution in [-0.4, -0.2) is 14.5 Å². The molecule has 0 N–H and O–H groups in total. The van der Waals surface area contributed by atoms with Crippen molar-refractivity contribution in [3.05, 3.63) is 67.9 Å². The second-order valence-corrected chi connectivity index (χ2v) is 4.32. The van der Waals surface area contributed by atoms with E-state index in [2.05, 4.69) is 4.98 Å². The van der Waals surface area contributed by atoms with Crippen molar-refractivity contribution in [2.24, 2.45) is 0 Å². The zero-order valence-corrected chi connectivity index (χ0v) is 10.7. The van der Waals surface area contributed by atoms with Crippen molar-refractivity contribution >= 4 is 5.69 Å². The lowest BCUT2D eigenvalue weighted by Crippen LogP contribution is -2.09. The van der Waals surface area contributed by atoms with Crippen molar-refractivity contribution in [2.75, 3.05) is 0 Å². The largest absolute Gasteiger partial charge is 0.348 e. The fourth-order valence-corrected chi connectivity index (χ4v) is 1.93. The first-order valence-electron chi connectivity index (χ1n) is 5.74. The van der Waals surface area contributed by atoms with Crippen LogP contribution in [0.4, 0.5) is 5.69 Å². The van der Waals surface area contributed by atoms with Gasteiger partial charge in [-0.25, -0.2) is 0 Å². The van der Waals surface area contributed by atoms with Crippen LogP contribution in [0, 0.1) is 24.0 Å². The number of nitro groups is 1. The van der Waals surface area contributed by atoms with Gasteiger partial charge in [-0.2, -0.15) is 0 Å². The molecule has 2 aromatic rings. The highest BCUT2D eigenvalue weighted by molar-refractivity contribution is 5.47. The van der Waals surface area contributed by atoms with Gasteiger partial charge >= 0.3 is 0 Å². The molecule has 2 heterocycles. The maximum absolute atomic E-state index is 11.0. The molecule has 0 amide bonds. The van der Waals surface area contributed by atoms with Crippen LogP contribution >= 0.6 is 0 Å². The summed E-state index contributed by atoms with van der Waals surface area (Å²) in [6.45, 7) is 3.75. The van der Waals surface area contributed by atoms with Crippen LogP contribution in [0.15, 0.2) is 35.5 Å². The second-order valence-electron chi connectivity index (χ2n) is 4.32. The molecular weight excluding hydrogens is 246 g/mol. The Morgan fingerprint density at radius 2 is 1.95 bits per heavy atom. The van der Waals surface area contributed by atoms with Crippen molar-refractivity contribution in [2.45, 2.75) is 20.4 Å². The van der Waals surface area contributed by atoms with Crippen molar-refractivity contribution in [3.8, 4) is 0 Å². The van der Waals surface area contributed by atoms with Gasteiger partial charge in [-0.05, 0) is 13.8 Å². The molecule has 0 radical (unpaired) electrons. The molecular formula is C13H13N3O3. The standard InChI is InChI=1S/C13H13N3O3/c1-9-7-14-12(10(2)13(9)16(18)19)8-15-5-3-11(17)4-6-15/h3-7H,8H2,1-2H3. The molecule has 2 rings (SSSR count). The van der Waals surface area contributed by atoms with Gasteiger partial charge in [0, 0.05) is 36.3 Å². The van der Waals surface area contributed by atoms with Crippen molar-refractivity contribution in [3.63, 3.8) is 0 Å².